The molecule has 1 amide bonds. The number of amides is 1. The maximum atomic E-state index is 10.9. The summed E-state index contributed by atoms with van der Waals surface area (Å²) in [5, 5.41) is 18.4. The van der Waals surface area contributed by atoms with Crippen LogP contribution in [0.5, 0.6) is 0 Å². The molecule has 0 saturated heterocycles. The van der Waals surface area contributed by atoms with Crippen LogP contribution in [0.4, 0.5) is 0 Å². The van der Waals surface area contributed by atoms with Crippen LogP contribution >= 0.6 is 0 Å². The van der Waals surface area contributed by atoms with E-state index >= 15 is 0 Å². The van der Waals surface area contributed by atoms with Gasteiger partial charge in [0, 0.05) is 5.57 Å². The number of carbonyl (C=O) groups excluding carboxylic acids is 1. The Morgan fingerprint density at radius 3 is 1.79 bits per heavy atom. The highest BCUT2D eigenvalue weighted by Gasteiger charge is 2.12. The van der Waals surface area contributed by atoms with Crippen LogP contribution in [0.3, 0.4) is 0 Å². The molecule has 2 unspecified atom stereocenters. The molecule has 0 aromatic heterocycles. The van der Waals surface area contributed by atoms with Crippen molar-refractivity contribution in [3.8, 4) is 0 Å². The summed E-state index contributed by atoms with van der Waals surface area (Å²) in [5.41, 5.74) is 6.29. The smallest absolute Gasteiger partial charge is 0.244 e. The van der Waals surface area contributed by atoms with E-state index in [4.69, 9.17) is 5.73 Å². The number of hydrogen-bond donors (Lipinski definition) is 3. The quantitative estimate of drug-likeness (QED) is 0.560. The minimum absolute atomic E-state index is 0.375. The van der Waals surface area contributed by atoms with E-state index < -0.39 is 18.1 Å². The first-order valence-electron chi connectivity index (χ1n) is 4.69. The first kappa shape index (κ1) is 13.1. The third-order valence-corrected chi connectivity index (χ3v) is 1.98. The molecule has 2 atom stereocenters. The van der Waals surface area contributed by atoms with Gasteiger partial charge in [0.2, 0.25) is 5.91 Å². The van der Waals surface area contributed by atoms with Crippen LogP contribution in [-0.4, -0.2) is 28.3 Å². The Bertz CT molecular complexity index is 220. The zero-order valence-corrected chi connectivity index (χ0v) is 8.95. The zero-order chi connectivity index (χ0) is 11.3. The molecule has 0 aliphatic rings. The summed E-state index contributed by atoms with van der Waals surface area (Å²) >= 11 is 0. The van der Waals surface area contributed by atoms with Crippen LogP contribution in [-0.2, 0) is 4.79 Å². The van der Waals surface area contributed by atoms with E-state index in [0.29, 0.717) is 18.4 Å². The van der Waals surface area contributed by atoms with Crippen molar-refractivity contribution in [2.45, 2.75) is 45.8 Å². The van der Waals surface area contributed by atoms with Crippen molar-refractivity contribution < 1.29 is 15.0 Å². The van der Waals surface area contributed by atoms with Crippen molar-refractivity contribution >= 4 is 5.91 Å². The normalized spacial score (nSPS) is 14.6. The molecule has 0 spiro atoms. The SMILES string of the molecule is CC(C(N)=O)=C(CC(C)O)CC(C)O. The second-order valence-electron chi connectivity index (χ2n) is 3.70. The van der Waals surface area contributed by atoms with Crippen molar-refractivity contribution in [2.75, 3.05) is 0 Å². The van der Waals surface area contributed by atoms with Gasteiger partial charge in [0.25, 0.3) is 0 Å². The van der Waals surface area contributed by atoms with E-state index in [2.05, 4.69) is 0 Å². The number of aliphatic hydroxyl groups excluding tert-OH is 2. The number of primary amides is 1. The van der Waals surface area contributed by atoms with Gasteiger partial charge in [0.05, 0.1) is 12.2 Å². The highest BCUT2D eigenvalue weighted by Crippen LogP contribution is 2.17. The van der Waals surface area contributed by atoms with E-state index in [0.717, 1.165) is 5.57 Å². The summed E-state index contributed by atoms with van der Waals surface area (Å²) in [6, 6.07) is 0. The molecule has 0 aliphatic heterocycles. The Morgan fingerprint density at radius 2 is 1.57 bits per heavy atom. The van der Waals surface area contributed by atoms with Gasteiger partial charge in [-0.1, -0.05) is 5.57 Å². The molecule has 0 saturated carbocycles. The molecule has 14 heavy (non-hydrogen) atoms. The molecule has 4 heteroatoms. The minimum Gasteiger partial charge on any atom is -0.393 e. The summed E-state index contributed by atoms with van der Waals surface area (Å²) in [4.78, 5) is 10.9. The summed E-state index contributed by atoms with van der Waals surface area (Å²) in [7, 11) is 0. The fourth-order valence-corrected chi connectivity index (χ4v) is 1.28. The molecule has 0 bridgehead atoms. The predicted octanol–water partition coefficient (Wildman–Crippen LogP) is 0.330. The average Bonchev–Trinajstić information content (AvgIpc) is 1.99. The number of hydrogen-bond acceptors (Lipinski definition) is 3. The van der Waals surface area contributed by atoms with Crippen molar-refractivity contribution in [1.29, 1.82) is 0 Å². The molecule has 0 aliphatic carbocycles. The molecule has 0 aromatic carbocycles. The lowest BCUT2D eigenvalue weighted by atomic mass is 9.97. The fourth-order valence-electron chi connectivity index (χ4n) is 1.28. The molecule has 0 heterocycles. The van der Waals surface area contributed by atoms with Gasteiger partial charge < -0.3 is 15.9 Å². The third kappa shape index (κ3) is 4.99. The first-order valence-corrected chi connectivity index (χ1v) is 4.69. The molecule has 82 valence electrons. The Labute approximate surface area is 84.4 Å². The van der Waals surface area contributed by atoms with E-state index in [9.17, 15) is 15.0 Å². The maximum absolute atomic E-state index is 10.9. The van der Waals surface area contributed by atoms with Gasteiger partial charge >= 0.3 is 0 Å². The van der Waals surface area contributed by atoms with Gasteiger partial charge in [-0.3, -0.25) is 4.79 Å². The second-order valence-corrected chi connectivity index (χ2v) is 3.70. The Kier molecular flexibility index (Phi) is 5.42. The van der Waals surface area contributed by atoms with Crippen LogP contribution < -0.4 is 5.73 Å². The number of carbonyl (C=O) groups is 1. The summed E-state index contributed by atoms with van der Waals surface area (Å²) in [6.07, 6.45) is -0.310. The van der Waals surface area contributed by atoms with Crippen LogP contribution in [0.2, 0.25) is 0 Å². The summed E-state index contributed by atoms with van der Waals surface area (Å²) in [6.45, 7) is 4.88. The van der Waals surface area contributed by atoms with Crippen LogP contribution in [0, 0.1) is 0 Å². The van der Waals surface area contributed by atoms with Gasteiger partial charge in [0.1, 0.15) is 0 Å². The van der Waals surface area contributed by atoms with E-state index in [-0.39, 0.29) is 0 Å². The molecular formula is C10H19NO3. The number of nitrogens with two attached hydrogens (primary N) is 1. The average molecular weight is 201 g/mol. The van der Waals surface area contributed by atoms with Crippen LogP contribution in [0.25, 0.3) is 0 Å². The van der Waals surface area contributed by atoms with Crippen LogP contribution in [0.15, 0.2) is 11.1 Å². The Hall–Kier alpha value is -0.870. The largest absolute Gasteiger partial charge is 0.393 e. The summed E-state index contributed by atoms with van der Waals surface area (Å²) in [5.74, 6) is -0.499. The third-order valence-electron chi connectivity index (χ3n) is 1.98. The van der Waals surface area contributed by atoms with E-state index in [1.165, 1.54) is 0 Å². The highest BCUT2D eigenvalue weighted by molar-refractivity contribution is 5.92. The lowest BCUT2D eigenvalue weighted by molar-refractivity contribution is -0.114. The Balaban J connectivity index is 4.70. The van der Waals surface area contributed by atoms with Gasteiger partial charge in [-0.2, -0.15) is 0 Å². The molecule has 4 nitrogen and oxygen atoms in total. The molecule has 0 radical (unpaired) electrons. The Morgan fingerprint density at radius 1 is 1.21 bits per heavy atom. The highest BCUT2D eigenvalue weighted by atomic mass is 16.3. The fraction of sp³-hybridized carbons (Fsp3) is 0.700. The standard InChI is InChI=1S/C10H19NO3/c1-6(12)4-9(5-7(2)13)8(3)10(11)14/h6-7,12-13H,4-5H2,1-3H3,(H2,11,14). The van der Waals surface area contributed by atoms with Crippen LogP contribution in [0.1, 0.15) is 33.6 Å². The minimum atomic E-state index is -0.530. The van der Waals surface area contributed by atoms with Gasteiger partial charge in [0.15, 0.2) is 0 Å². The molecule has 4 N–H and O–H groups in total. The lowest BCUT2D eigenvalue weighted by Gasteiger charge is -2.14. The number of aliphatic hydroxyl groups is 2. The number of rotatable bonds is 5. The van der Waals surface area contributed by atoms with Crippen molar-refractivity contribution in [1.82, 2.24) is 0 Å². The summed E-state index contributed by atoms with van der Waals surface area (Å²) < 4.78 is 0. The van der Waals surface area contributed by atoms with Gasteiger partial charge in [-0.15, -0.1) is 0 Å². The van der Waals surface area contributed by atoms with Crippen molar-refractivity contribution in [3.05, 3.63) is 11.1 Å². The second kappa shape index (κ2) is 5.78. The lowest BCUT2D eigenvalue weighted by Crippen LogP contribution is -2.17. The van der Waals surface area contributed by atoms with Gasteiger partial charge in [-0.05, 0) is 33.6 Å². The zero-order valence-electron chi connectivity index (χ0n) is 8.95. The molecule has 0 fully saturated rings. The molecule has 0 rings (SSSR count). The first-order chi connectivity index (χ1) is 6.34. The molecular weight excluding hydrogens is 182 g/mol. The van der Waals surface area contributed by atoms with Gasteiger partial charge in [-0.25, -0.2) is 0 Å². The van der Waals surface area contributed by atoms with Crippen molar-refractivity contribution in [3.63, 3.8) is 0 Å². The predicted molar refractivity (Wildman–Crippen MR) is 54.5 cm³/mol. The van der Waals surface area contributed by atoms with E-state index in [1.807, 2.05) is 0 Å². The van der Waals surface area contributed by atoms with Crippen molar-refractivity contribution in [2.24, 2.45) is 5.73 Å². The maximum Gasteiger partial charge on any atom is 0.244 e. The van der Waals surface area contributed by atoms with E-state index in [1.54, 1.807) is 20.8 Å². The monoisotopic (exact) mass is 201 g/mol. The molecule has 0 aromatic rings. The topological polar surface area (TPSA) is 83.6 Å².